The van der Waals surface area contributed by atoms with Crippen LogP contribution in [0.3, 0.4) is 0 Å². The lowest BCUT2D eigenvalue weighted by Crippen LogP contribution is -2.42. The first-order chi connectivity index (χ1) is 16.8. The van der Waals surface area contributed by atoms with E-state index in [-0.39, 0.29) is 29.3 Å². The number of halogens is 2. The molecule has 180 valence electrons. The predicted octanol–water partition coefficient (Wildman–Crippen LogP) is 6.59. The molecular weight excluding hydrogens is 491 g/mol. The number of aliphatic hydroxyl groups is 1. The number of aromatic hydroxyl groups is 2. The molecule has 3 atom stereocenters. The summed E-state index contributed by atoms with van der Waals surface area (Å²) >= 11 is 11.9. The summed E-state index contributed by atoms with van der Waals surface area (Å²) in [5.74, 6) is -0.245. The highest BCUT2D eigenvalue weighted by molar-refractivity contribution is 6.31. The van der Waals surface area contributed by atoms with Gasteiger partial charge in [-0.1, -0.05) is 53.5 Å². The molecule has 11 heteroatoms. The zero-order valence-electron chi connectivity index (χ0n) is 18.3. The van der Waals surface area contributed by atoms with Gasteiger partial charge in [0.2, 0.25) is 0 Å². The summed E-state index contributed by atoms with van der Waals surface area (Å²) < 4.78 is 0. The number of nitrogens with zero attached hydrogens (tertiary/aromatic N) is 4. The molecule has 0 fully saturated rings. The number of hydrogen-bond acceptors (Lipinski definition) is 9. The van der Waals surface area contributed by atoms with Crippen molar-refractivity contribution in [1.82, 2.24) is 0 Å². The maximum absolute atomic E-state index is 11.8. The second-order valence-electron chi connectivity index (χ2n) is 7.59. The molecule has 0 saturated carbocycles. The Labute approximate surface area is 211 Å². The summed E-state index contributed by atoms with van der Waals surface area (Å²) in [6, 6.07) is 15.0. The third-order valence-electron chi connectivity index (χ3n) is 5.20. The largest absolute Gasteiger partial charge is 0.506 e. The molecule has 35 heavy (non-hydrogen) atoms. The monoisotopic (exact) mass is 512 g/mol. The van der Waals surface area contributed by atoms with Gasteiger partial charge in [0.15, 0.2) is 0 Å². The van der Waals surface area contributed by atoms with Crippen LogP contribution >= 0.6 is 23.2 Å². The lowest BCUT2D eigenvalue weighted by molar-refractivity contribution is 0.0180. The van der Waals surface area contributed by atoms with Gasteiger partial charge in [0.25, 0.3) is 0 Å². The van der Waals surface area contributed by atoms with Crippen LogP contribution in [0.1, 0.15) is 12.0 Å². The number of phenols is 2. The summed E-state index contributed by atoms with van der Waals surface area (Å²) in [6.45, 7) is 0. The number of hydrogen-bond donors (Lipinski definition) is 5. The smallest absolute Gasteiger partial charge is 0.141 e. The third kappa shape index (κ3) is 6.48. The molecule has 0 aliphatic heterocycles. The average molecular weight is 513 g/mol. The van der Waals surface area contributed by atoms with Crippen LogP contribution in [0.4, 0.5) is 11.4 Å². The van der Waals surface area contributed by atoms with E-state index in [0.717, 1.165) is 0 Å². The Morgan fingerprint density at radius 1 is 0.800 bits per heavy atom. The molecular formula is C24H22Cl2N6O3. The first-order valence-electron chi connectivity index (χ1n) is 10.3. The second-order valence-corrected chi connectivity index (χ2v) is 8.46. The number of phenolic OH excluding ortho intramolecular Hbond substituents is 2. The maximum atomic E-state index is 11.8. The van der Waals surface area contributed by atoms with Gasteiger partial charge < -0.3 is 15.3 Å². The molecule has 0 amide bonds. The van der Waals surface area contributed by atoms with Crippen molar-refractivity contribution in [2.24, 2.45) is 20.2 Å². The van der Waals surface area contributed by atoms with Gasteiger partial charge >= 0.3 is 0 Å². The first-order valence-corrected chi connectivity index (χ1v) is 11.1. The SMILES string of the molecule is N=NC(C=Nc1cc(Cl)ccc1O)CC(O)(c1ccccc1)C(C=Nc1cc(Cl)ccc1O)N=N. The summed E-state index contributed by atoms with van der Waals surface area (Å²) in [5, 5.41) is 39.6. The van der Waals surface area contributed by atoms with Crippen LogP contribution in [-0.4, -0.2) is 39.8 Å². The summed E-state index contributed by atoms with van der Waals surface area (Å²) in [7, 11) is 0. The highest BCUT2D eigenvalue weighted by Gasteiger charge is 2.40. The van der Waals surface area contributed by atoms with Crippen molar-refractivity contribution < 1.29 is 15.3 Å². The molecule has 0 saturated heterocycles. The van der Waals surface area contributed by atoms with E-state index in [4.69, 9.17) is 34.3 Å². The Kier molecular flexibility index (Phi) is 8.64. The molecule has 0 aromatic heterocycles. The van der Waals surface area contributed by atoms with Crippen molar-refractivity contribution in [3.8, 4) is 11.5 Å². The molecule has 3 aromatic carbocycles. The van der Waals surface area contributed by atoms with Crippen molar-refractivity contribution >= 4 is 47.0 Å². The Morgan fingerprint density at radius 3 is 1.86 bits per heavy atom. The predicted molar refractivity (Wildman–Crippen MR) is 135 cm³/mol. The lowest BCUT2D eigenvalue weighted by atomic mass is 9.82. The quantitative estimate of drug-likeness (QED) is 0.153. The van der Waals surface area contributed by atoms with Crippen molar-refractivity contribution in [2.75, 3.05) is 0 Å². The minimum Gasteiger partial charge on any atom is -0.506 e. The fourth-order valence-corrected chi connectivity index (χ4v) is 3.70. The standard InChI is InChI=1S/C24H22Cl2N6O3/c25-16-6-8-21(33)19(10-16)29-13-18(31-27)12-24(35,15-4-2-1-3-5-15)23(32-28)14-30-20-11-17(26)7-9-22(20)34/h1-11,13-14,18,23,27-28,33-35H,12H2. The second kappa shape index (κ2) is 11.7. The fourth-order valence-electron chi connectivity index (χ4n) is 3.37. The van der Waals surface area contributed by atoms with Crippen LogP contribution in [0.25, 0.3) is 0 Å². The molecule has 0 spiro atoms. The van der Waals surface area contributed by atoms with Gasteiger partial charge in [0.1, 0.15) is 40.6 Å². The highest BCUT2D eigenvalue weighted by Crippen LogP contribution is 2.35. The number of benzene rings is 3. The fraction of sp³-hybridized carbons (Fsp3) is 0.167. The lowest BCUT2D eigenvalue weighted by Gasteiger charge is -2.32. The number of nitrogens with one attached hydrogen (secondary N) is 2. The molecule has 0 aliphatic rings. The molecule has 0 radical (unpaired) electrons. The normalized spacial score (nSPS) is 15.1. The van der Waals surface area contributed by atoms with Gasteiger partial charge in [0, 0.05) is 28.9 Å². The Bertz CT molecular complexity index is 1260. The van der Waals surface area contributed by atoms with E-state index < -0.39 is 17.7 Å². The third-order valence-corrected chi connectivity index (χ3v) is 5.67. The van der Waals surface area contributed by atoms with E-state index in [0.29, 0.717) is 15.6 Å². The van der Waals surface area contributed by atoms with Crippen LogP contribution in [0.5, 0.6) is 11.5 Å². The molecule has 3 aromatic rings. The topological polar surface area (TPSA) is 158 Å². The summed E-state index contributed by atoms with van der Waals surface area (Å²) in [6.07, 6.45) is 2.34. The van der Waals surface area contributed by atoms with Gasteiger partial charge in [0.05, 0.1) is 0 Å². The van der Waals surface area contributed by atoms with E-state index in [2.05, 4.69) is 20.2 Å². The van der Waals surface area contributed by atoms with Gasteiger partial charge in [-0.05, 0) is 42.0 Å². The van der Waals surface area contributed by atoms with Crippen LogP contribution in [0.15, 0.2) is 86.9 Å². The van der Waals surface area contributed by atoms with E-state index in [9.17, 15) is 15.3 Å². The van der Waals surface area contributed by atoms with Gasteiger partial charge in [-0.15, -0.1) is 0 Å². The van der Waals surface area contributed by atoms with Gasteiger partial charge in [-0.2, -0.15) is 10.2 Å². The van der Waals surface area contributed by atoms with Crippen LogP contribution in [0.2, 0.25) is 10.0 Å². The Morgan fingerprint density at radius 2 is 1.34 bits per heavy atom. The molecule has 9 nitrogen and oxygen atoms in total. The minimum absolute atomic E-state index is 0.111. The molecule has 0 heterocycles. The van der Waals surface area contributed by atoms with Crippen molar-refractivity contribution in [1.29, 1.82) is 11.1 Å². The van der Waals surface area contributed by atoms with Gasteiger partial charge in [-0.3, -0.25) is 9.98 Å². The Hall–Kier alpha value is -3.66. The first kappa shape index (κ1) is 26.0. The van der Waals surface area contributed by atoms with Crippen molar-refractivity contribution in [3.63, 3.8) is 0 Å². The van der Waals surface area contributed by atoms with Crippen molar-refractivity contribution in [2.45, 2.75) is 24.1 Å². The average Bonchev–Trinajstić information content (AvgIpc) is 2.86. The van der Waals surface area contributed by atoms with E-state index in [1.165, 1.54) is 48.8 Å². The van der Waals surface area contributed by atoms with Crippen molar-refractivity contribution in [3.05, 3.63) is 82.3 Å². The van der Waals surface area contributed by atoms with Crippen LogP contribution in [-0.2, 0) is 5.60 Å². The summed E-state index contributed by atoms with van der Waals surface area (Å²) in [4.78, 5) is 8.36. The Balaban J connectivity index is 1.97. The molecule has 0 aliphatic carbocycles. The zero-order chi connectivity index (χ0) is 25.4. The molecule has 3 rings (SSSR count). The van der Waals surface area contributed by atoms with E-state index in [1.54, 1.807) is 30.3 Å². The zero-order valence-corrected chi connectivity index (χ0v) is 19.8. The number of aliphatic imine (C=N–C) groups is 2. The molecule has 5 N–H and O–H groups in total. The molecule has 3 unspecified atom stereocenters. The minimum atomic E-state index is -1.82. The highest BCUT2D eigenvalue weighted by atomic mass is 35.5. The number of rotatable bonds is 10. The van der Waals surface area contributed by atoms with Gasteiger partial charge in [-0.25, -0.2) is 11.1 Å². The van der Waals surface area contributed by atoms with E-state index in [1.807, 2.05) is 0 Å². The van der Waals surface area contributed by atoms with E-state index >= 15 is 0 Å². The van der Waals surface area contributed by atoms with Crippen LogP contribution < -0.4 is 0 Å². The van der Waals surface area contributed by atoms with Crippen LogP contribution in [0, 0.1) is 11.1 Å². The summed E-state index contributed by atoms with van der Waals surface area (Å²) in [5.41, 5.74) is 14.3. The maximum Gasteiger partial charge on any atom is 0.141 e. The molecule has 0 bridgehead atoms.